The fourth-order valence-electron chi connectivity index (χ4n) is 7.16. The number of nitrogens with zero attached hydrogens (tertiary/aromatic N) is 3. The molecule has 352 valence electrons. The maximum Gasteiger partial charge on any atom is 0.317 e. The molecule has 0 aliphatic heterocycles. The molecule has 0 rings (SSSR count). The maximum absolute atomic E-state index is 11.2. The number of carboxylic acids is 6. The molecule has 1 atom stereocenters. The lowest BCUT2D eigenvalue weighted by Gasteiger charge is -2.29. The summed E-state index contributed by atoms with van der Waals surface area (Å²) in [5.74, 6) is -6.31. The van der Waals surface area contributed by atoms with Crippen LogP contribution in [0, 0.1) is 0 Å². The Bertz CT molecular complexity index is 1080. The molecule has 0 saturated heterocycles. The lowest BCUT2D eigenvalue weighted by molar-refractivity contribution is -0.144. The summed E-state index contributed by atoms with van der Waals surface area (Å²) >= 11 is 0. The Kier molecular flexibility index (Phi) is 41.5. The van der Waals surface area contributed by atoms with Gasteiger partial charge in [0.25, 0.3) is 0 Å². The van der Waals surface area contributed by atoms with E-state index in [2.05, 4.69) is 19.2 Å². The van der Waals surface area contributed by atoms with Crippen molar-refractivity contribution in [1.82, 2.24) is 20.0 Å². The number of hydrogen-bond acceptors (Lipinski definition) is 10. The van der Waals surface area contributed by atoms with Gasteiger partial charge in [0, 0.05) is 25.7 Å². The molecule has 0 saturated carbocycles. The van der Waals surface area contributed by atoms with E-state index in [1.54, 1.807) is 4.90 Å². The third-order valence-corrected chi connectivity index (χ3v) is 10.4. The predicted molar refractivity (Wildman–Crippen MR) is 234 cm³/mol. The SMILES string of the molecule is CCCCCCCCCCCCCCCCCCCCC(CNCC(=O)O)N(CC(=O)O)CC(=O)O.CCCCCCCCN(CCN(CC(=O)O)CC(=O)O)CC(=O)O. The van der Waals surface area contributed by atoms with Crippen molar-refractivity contribution in [2.45, 2.75) is 180 Å². The van der Waals surface area contributed by atoms with Gasteiger partial charge in [-0.2, -0.15) is 0 Å². The van der Waals surface area contributed by atoms with Gasteiger partial charge in [-0.3, -0.25) is 43.5 Å². The molecule has 16 nitrogen and oxygen atoms in total. The van der Waals surface area contributed by atoms with E-state index in [9.17, 15) is 28.8 Å². The molecule has 0 aromatic rings. The van der Waals surface area contributed by atoms with Crippen LogP contribution in [0.3, 0.4) is 0 Å². The van der Waals surface area contributed by atoms with E-state index in [1.807, 2.05) is 0 Å². The smallest absolute Gasteiger partial charge is 0.317 e. The van der Waals surface area contributed by atoms with Crippen molar-refractivity contribution in [2.75, 3.05) is 65.4 Å². The van der Waals surface area contributed by atoms with Gasteiger partial charge in [0.2, 0.25) is 0 Å². The molecule has 0 spiro atoms. The van der Waals surface area contributed by atoms with Crippen LogP contribution in [-0.2, 0) is 28.8 Å². The zero-order valence-corrected chi connectivity index (χ0v) is 37.3. The van der Waals surface area contributed by atoms with Crippen LogP contribution in [0.4, 0.5) is 0 Å². The molecule has 0 bridgehead atoms. The molecule has 0 fully saturated rings. The molecule has 0 aliphatic carbocycles. The highest BCUT2D eigenvalue weighted by Gasteiger charge is 2.23. The van der Waals surface area contributed by atoms with Crippen molar-refractivity contribution in [3.8, 4) is 0 Å². The van der Waals surface area contributed by atoms with E-state index in [-0.39, 0.29) is 58.4 Å². The first-order chi connectivity index (χ1) is 28.7. The van der Waals surface area contributed by atoms with Gasteiger partial charge in [0.05, 0.1) is 39.3 Å². The van der Waals surface area contributed by atoms with Gasteiger partial charge in [-0.25, -0.2) is 0 Å². The Morgan fingerprint density at radius 1 is 0.383 bits per heavy atom. The van der Waals surface area contributed by atoms with Crippen molar-refractivity contribution < 1.29 is 59.4 Å². The topological polar surface area (TPSA) is 246 Å². The first-order valence-corrected chi connectivity index (χ1v) is 22.9. The summed E-state index contributed by atoms with van der Waals surface area (Å²) < 4.78 is 0. The van der Waals surface area contributed by atoms with E-state index >= 15 is 0 Å². The standard InChI is InChI=1S/C28H54N2O6.C16H30N2O6/c1-2-3-4-5-6-7-8-9-10-11-12-13-14-15-16-17-18-19-20-25(21-29-22-26(31)32)30(23-27(33)34)24-28(35)36;1-2-3-4-5-6-7-8-17(11-14(19)20)9-10-18(12-15(21)22)13-16(23)24/h25,29H,2-24H2,1H3,(H,31,32)(H,33,34)(H,35,36);2-13H2,1H3,(H,19,20)(H,21,22)(H,23,24). The summed E-state index contributed by atoms with van der Waals surface area (Å²) in [6.45, 7) is 3.99. The van der Waals surface area contributed by atoms with Crippen molar-refractivity contribution >= 4 is 35.8 Å². The second-order valence-electron chi connectivity index (χ2n) is 16.1. The number of aliphatic carboxylic acids is 6. The van der Waals surface area contributed by atoms with E-state index in [1.165, 1.54) is 125 Å². The second kappa shape index (κ2) is 42.4. The van der Waals surface area contributed by atoms with Gasteiger partial charge >= 0.3 is 35.8 Å². The summed E-state index contributed by atoms with van der Waals surface area (Å²) in [6, 6.07) is -0.322. The Morgan fingerprint density at radius 2 is 0.700 bits per heavy atom. The molecule has 0 radical (unpaired) electrons. The van der Waals surface area contributed by atoms with Crippen LogP contribution in [0.25, 0.3) is 0 Å². The predicted octanol–water partition coefficient (Wildman–Crippen LogP) is 7.14. The van der Waals surface area contributed by atoms with Crippen molar-refractivity contribution in [1.29, 1.82) is 0 Å². The van der Waals surface area contributed by atoms with Crippen molar-refractivity contribution in [3.63, 3.8) is 0 Å². The summed E-state index contributed by atoms with van der Waals surface area (Å²) in [5.41, 5.74) is 0. The zero-order chi connectivity index (χ0) is 45.2. The maximum atomic E-state index is 11.2. The first kappa shape index (κ1) is 58.8. The fraction of sp³-hybridized carbons (Fsp3) is 0.864. The van der Waals surface area contributed by atoms with Crippen molar-refractivity contribution in [2.24, 2.45) is 0 Å². The largest absolute Gasteiger partial charge is 0.480 e. The van der Waals surface area contributed by atoms with E-state index in [0.29, 0.717) is 19.5 Å². The molecular weight excluding hydrogens is 776 g/mol. The quantitative estimate of drug-likeness (QED) is 0.0301. The monoisotopic (exact) mass is 861 g/mol. The number of hydrogen-bond donors (Lipinski definition) is 7. The van der Waals surface area contributed by atoms with E-state index in [4.69, 9.17) is 30.6 Å². The molecular formula is C44H84N4O12. The van der Waals surface area contributed by atoms with Gasteiger partial charge in [0.15, 0.2) is 0 Å². The molecule has 7 N–H and O–H groups in total. The van der Waals surface area contributed by atoms with Gasteiger partial charge < -0.3 is 36.0 Å². The summed E-state index contributed by atoms with van der Waals surface area (Å²) in [4.78, 5) is 70.0. The third kappa shape index (κ3) is 44.2. The molecule has 0 amide bonds. The average Bonchev–Trinajstić information content (AvgIpc) is 3.15. The highest BCUT2D eigenvalue weighted by Crippen LogP contribution is 2.16. The molecule has 60 heavy (non-hydrogen) atoms. The number of nitrogens with one attached hydrogen (secondary N) is 1. The lowest BCUT2D eigenvalue weighted by atomic mass is 10.0. The van der Waals surface area contributed by atoms with Crippen LogP contribution in [0.5, 0.6) is 0 Å². The minimum atomic E-state index is -1.10. The Labute approximate surface area is 360 Å². The van der Waals surface area contributed by atoms with Crippen LogP contribution < -0.4 is 5.32 Å². The van der Waals surface area contributed by atoms with Crippen molar-refractivity contribution in [3.05, 3.63) is 0 Å². The third-order valence-electron chi connectivity index (χ3n) is 10.4. The Morgan fingerprint density at radius 3 is 1.05 bits per heavy atom. The van der Waals surface area contributed by atoms with E-state index < -0.39 is 35.8 Å². The van der Waals surface area contributed by atoms with Crippen LogP contribution >= 0.6 is 0 Å². The van der Waals surface area contributed by atoms with Crippen LogP contribution in [0.15, 0.2) is 0 Å². The molecule has 16 heteroatoms. The highest BCUT2D eigenvalue weighted by molar-refractivity contribution is 5.73. The average molecular weight is 861 g/mol. The van der Waals surface area contributed by atoms with Gasteiger partial charge in [0.1, 0.15) is 0 Å². The molecule has 0 aliphatic rings. The zero-order valence-electron chi connectivity index (χ0n) is 37.3. The second-order valence-corrected chi connectivity index (χ2v) is 16.1. The highest BCUT2D eigenvalue weighted by atomic mass is 16.4. The Balaban J connectivity index is 0. The molecule has 0 aromatic heterocycles. The van der Waals surface area contributed by atoms with Gasteiger partial charge in [-0.1, -0.05) is 162 Å². The van der Waals surface area contributed by atoms with E-state index in [0.717, 1.165) is 38.5 Å². The minimum Gasteiger partial charge on any atom is -0.480 e. The lowest BCUT2D eigenvalue weighted by Crippen LogP contribution is -2.47. The van der Waals surface area contributed by atoms with Crippen LogP contribution in [-0.4, -0.2) is 153 Å². The van der Waals surface area contributed by atoms with Crippen LogP contribution in [0.2, 0.25) is 0 Å². The number of carbonyl (C=O) groups is 6. The molecule has 1 unspecified atom stereocenters. The normalized spacial score (nSPS) is 11.8. The van der Waals surface area contributed by atoms with Gasteiger partial charge in [-0.15, -0.1) is 0 Å². The minimum absolute atomic E-state index is 0.122. The number of carboxylic acid groups (broad SMARTS) is 6. The summed E-state index contributed by atoms with van der Waals surface area (Å²) in [6.07, 6.45) is 30.5. The molecule has 0 aromatic carbocycles. The van der Waals surface area contributed by atoms with Crippen LogP contribution in [0.1, 0.15) is 174 Å². The first-order valence-electron chi connectivity index (χ1n) is 22.9. The number of rotatable bonds is 44. The number of unbranched alkanes of at least 4 members (excludes halogenated alkanes) is 22. The molecule has 0 heterocycles. The fourth-order valence-corrected chi connectivity index (χ4v) is 7.16. The van der Waals surface area contributed by atoms with Gasteiger partial charge in [-0.05, 0) is 19.4 Å². The Hall–Kier alpha value is -3.34. The summed E-state index contributed by atoms with van der Waals surface area (Å²) in [7, 11) is 0. The summed E-state index contributed by atoms with van der Waals surface area (Å²) in [5, 5.41) is 56.5.